The lowest BCUT2D eigenvalue weighted by molar-refractivity contribution is 0.176. The van der Waals surface area contributed by atoms with Gasteiger partial charge in [-0.2, -0.15) is 0 Å². The first-order chi connectivity index (χ1) is 9.65. The zero-order valence-corrected chi connectivity index (χ0v) is 13.4. The normalized spacial score (nSPS) is 20.5. The average molecular weight is 274 g/mol. The molecule has 1 atom stereocenters. The lowest BCUT2D eigenvalue weighted by atomic mass is 9.99. The summed E-state index contributed by atoms with van der Waals surface area (Å²) in [5.74, 6) is 1.57. The van der Waals surface area contributed by atoms with Crippen molar-refractivity contribution in [1.29, 1.82) is 0 Å². The van der Waals surface area contributed by atoms with Crippen molar-refractivity contribution in [1.82, 2.24) is 10.2 Å². The van der Waals surface area contributed by atoms with Crippen molar-refractivity contribution in [3.8, 4) is 0 Å². The van der Waals surface area contributed by atoms with Gasteiger partial charge < -0.3 is 5.32 Å². The van der Waals surface area contributed by atoms with Crippen molar-refractivity contribution in [2.24, 2.45) is 11.8 Å². The van der Waals surface area contributed by atoms with Gasteiger partial charge in [0.05, 0.1) is 0 Å². The van der Waals surface area contributed by atoms with E-state index in [0.717, 1.165) is 25.6 Å². The highest BCUT2D eigenvalue weighted by molar-refractivity contribution is 5.27. The van der Waals surface area contributed by atoms with Crippen LogP contribution < -0.4 is 5.32 Å². The summed E-state index contributed by atoms with van der Waals surface area (Å²) in [6.07, 6.45) is 2.75. The maximum atomic E-state index is 3.57. The predicted octanol–water partition coefficient (Wildman–Crippen LogP) is 3.66. The molecule has 0 amide bonds. The molecule has 0 spiro atoms. The molecule has 1 aliphatic heterocycles. The Kier molecular flexibility index (Phi) is 6.06. The summed E-state index contributed by atoms with van der Waals surface area (Å²) in [5, 5.41) is 3.57. The van der Waals surface area contributed by atoms with E-state index in [1.165, 1.54) is 37.1 Å². The van der Waals surface area contributed by atoms with Crippen molar-refractivity contribution >= 4 is 0 Å². The summed E-state index contributed by atoms with van der Waals surface area (Å²) in [6, 6.07) is 8.91. The van der Waals surface area contributed by atoms with Crippen LogP contribution in [0.25, 0.3) is 0 Å². The van der Waals surface area contributed by atoms with Gasteiger partial charge in [0.15, 0.2) is 0 Å². The summed E-state index contributed by atoms with van der Waals surface area (Å²) in [7, 11) is 0. The third-order valence-corrected chi connectivity index (χ3v) is 4.12. The third kappa shape index (κ3) is 4.92. The summed E-state index contributed by atoms with van der Waals surface area (Å²) in [4.78, 5) is 2.62. The van der Waals surface area contributed by atoms with Crippen molar-refractivity contribution < 1.29 is 0 Å². The smallest absolute Gasteiger partial charge is 0.0237 e. The molecule has 2 nitrogen and oxygen atoms in total. The molecule has 112 valence electrons. The van der Waals surface area contributed by atoms with Crippen LogP contribution in [0.3, 0.4) is 0 Å². The summed E-state index contributed by atoms with van der Waals surface area (Å²) in [6.45, 7) is 12.6. The molecular formula is C18H30N2. The zero-order chi connectivity index (χ0) is 14.4. The second kappa shape index (κ2) is 7.80. The van der Waals surface area contributed by atoms with Crippen LogP contribution in [-0.2, 0) is 13.1 Å². The number of piperidine rings is 1. The maximum Gasteiger partial charge on any atom is 0.0237 e. The highest BCUT2D eigenvalue weighted by Crippen LogP contribution is 2.19. The van der Waals surface area contributed by atoms with Crippen LogP contribution in [0.2, 0.25) is 0 Å². The highest BCUT2D eigenvalue weighted by atomic mass is 15.1. The van der Waals surface area contributed by atoms with E-state index in [9.17, 15) is 0 Å². The topological polar surface area (TPSA) is 15.3 Å². The zero-order valence-electron chi connectivity index (χ0n) is 13.4. The van der Waals surface area contributed by atoms with Gasteiger partial charge in [-0.05, 0) is 48.9 Å². The van der Waals surface area contributed by atoms with E-state index in [0.29, 0.717) is 5.92 Å². The fourth-order valence-electron chi connectivity index (χ4n) is 3.05. The first-order valence-corrected chi connectivity index (χ1v) is 8.15. The number of rotatable bonds is 6. The van der Waals surface area contributed by atoms with Crippen molar-refractivity contribution in [3.05, 3.63) is 35.4 Å². The van der Waals surface area contributed by atoms with Gasteiger partial charge in [0.2, 0.25) is 0 Å². The molecule has 2 heteroatoms. The molecule has 1 unspecified atom stereocenters. The highest BCUT2D eigenvalue weighted by Gasteiger charge is 2.17. The summed E-state index contributed by atoms with van der Waals surface area (Å²) >= 11 is 0. The minimum Gasteiger partial charge on any atom is -0.312 e. The fraction of sp³-hybridized carbons (Fsp3) is 0.667. The first-order valence-electron chi connectivity index (χ1n) is 8.15. The molecule has 0 aliphatic carbocycles. The fourth-order valence-corrected chi connectivity index (χ4v) is 3.05. The number of benzene rings is 1. The lowest BCUT2D eigenvalue weighted by Crippen LogP contribution is -2.34. The Hall–Kier alpha value is -0.860. The molecule has 2 rings (SSSR count). The molecule has 1 aromatic carbocycles. The monoisotopic (exact) mass is 274 g/mol. The number of nitrogens with zero attached hydrogens (tertiary/aromatic N) is 1. The minimum atomic E-state index is 0.713. The van der Waals surface area contributed by atoms with Gasteiger partial charge in [0, 0.05) is 19.6 Å². The standard InChI is InChI=1S/C18H30N2/c1-15(2)11-19-12-17-8-4-5-9-18(17)14-20-10-6-7-16(3)13-20/h4-5,8-9,15-16,19H,6-7,10-14H2,1-3H3. The Labute approximate surface area is 124 Å². The van der Waals surface area contributed by atoms with Crippen LogP contribution in [0.15, 0.2) is 24.3 Å². The Bertz CT molecular complexity index is 400. The first kappa shape index (κ1) is 15.5. The lowest BCUT2D eigenvalue weighted by Gasteiger charge is -2.31. The van der Waals surface area contributed by atoms with Crippen LogP contribution in [0, 0.1) is 11.8 Å². The molecule has 1 fully saturated rings. The molecule has 1 saturated heterocycles. The molecule has 1 aliphatic rings. The largest absolute Gasteiger partial charge is 0.312 e. The van der Waals surface area contributed by atoms with Crippen molar-refractivity contribution in [2.45, 2.75) is 46.7 Å². The third-order valence-electron chi connectivity index (χ3n) is 4.12. The second-order valence-electron chi connectivity index (χ2n) is 6.78. The molecule has 1 heterocycles. The van der Waals surface area contributed by atoms with Gasteiger partial charge in [-0.1, -0.05) is 45.0 Å². The second-order valence-corrected chi connectivity index (χ2v) is 6.78. The Balaban J connectivity index is 1.93. The van der Waals surface area contributed by atoms with Crippen molar-refractivity contribution in [2.75, 3.05) is 19.6 Å². The van der Waals surface area contributed by atoms with E-state index in [-0.39, 0.29) is 0 Å². The Morgan fingerprint density at radius 1 is 1.25 bits per heavy atom. The summed E-state index contributed by atoms with van der Waals surface area (Å²) in [5.41, 5.74) is 2.96. The van der Waals surface area contributed by atoms with Gasteiger partial charge in [-0.25, -0.2) is 0 Å². The van der Waals surface area contributed by atoms with Crippen LogP contribution >= 0.6 is 0 Å². The van der Waals surface area contributed by atoms with Crippen LogP contribution in [0.1, 0.15) is 44.7 Å². The van der Waals surface area contributed by atoms with Gasteiger partial charge >= 0.3 is 0 Å². The molecule has 0 saturated carbocycles. The van der Waals surface area contributed by atoms with E-state index in [2.05, 4.69) is 55.3 Å². The van der Waals surface area contributed by atoms with Gasteiger partial charge in [-0.3, -0.25) is 4.90 Å². The summed E-state index contributed by atoms with van der Waals surface area (Å²) < 4.78 is 0. The van der Waals surface area contributed by atoms with E-state index in [1.807, 2.05) is 0 Å². The molecule has 1 aromatic rings. The molecule has 0 radical (unpaired) electrons. The molecule has 0 bridgehead atoms. The number of nitrogens with one attached hydrogen (secondary N) is 1. The quantitative estimate of drug-likeness (QED) is 0.851. The van der Waals surface area contributed by atoms with Crippen molar-refractivity contribution in [3.63, 3.8) is 0 Å². The van der Waals surface area contributed by atoms with E-state index in [4.69, 9.17) is 0 Å². The average Bonchev–Trinajstić information content (AvgIpc) is 2.40. The number of hydrogen-bond acceptors (Lipinski definition) is 2. The molecular weight excluding hydrogens is 244 g/mol. The minimum absolute atomic E-state index is 0.713. The molecule has 1 N–H and O–H groups in total. The van der Waals surface area contributed by atoms with Gasteiger partial charge in [-0.15, -0.1) is 0 Å². The number of hydrogen-bond donors (Lipinski definition) is 1. The molecule has 0 aromatic heterocycles. The van der Waals surface area contributed by atoms with Gasteiger partial charge in [0.1, 0.15) is 0 Å². The predicted molar refractivity (Wildman–Crippen MR) is 86.7 cm³/mol. The van der Waals surface area contributed by atoms with Crippen LogP contribution in [0.5, 0.6) is 0 Å². The number of likely N-dealkylation sites (tertiary alicyclic amines) is 1. The molecule has 20 heavy (non-hydrogen) atoms. The van der Waals surface area contributed by atoms with Crippen LogP contribution in [0.4, 0.5) is 0 Å². The Morgan fingerprint density at radius 2 is 2.00 bits per heavy atom. The maximum absolute atomic E-state index is 3.57. The Morgan fingerprint density at radius 3 is 2.70 bits per heavy atom. The van der Waals surface area contributed by atoms with E-state index in [1.54, 1.807) is 0 Å². The SMILES string of the molecule is CC(C)CNCc1ccccc1CN1CCCC(C)C1. The van der Waals surface area contributed by atoms with Crippen LogP contribution in [-0.4, -0.2) is 24.5 Å². The van der Waals surface area contributed by atoms with E-state index >= 15 is 0 Å². The van der Waals surface area contributed by atoms with E-state index < -0.39 is 0 Å². The van der Waals surface area contributed by atoms with Gasteiger partial charge in [0.25, 0.3) is 0 Å².